The fourth-order valence-electron chi connectivity index (χ4n) is 6.07. The van der Waals surface area contributed by atoms with Gasteiger partial charge in [0.05, 0.1) is 12.2 Å². The summed E-state index contributed by atoms with van der Waals surface area (Å²) in [5.41, 5.74) is 3.16. The van der Waals surface area contributed by atoms with E-state index in [4.69, 9.17) is 14.2 Å². The number of fused-ring (bicyclic) bond motifs is 6. The van der Waals surface area contributed by atoms with Crippen LogP contribution in [0.4, 0.5) is 0 Å². The van der Waals surface area contributed by atoms with Crippen LogP contribution in [-0.4, -0.2) is 48.6 Å². The molecule has 4 aliphatic rings. The third-order valence-corrected chi connectivity index (χ3v) is 7.95. The second-order valence-electron chi connectivity index (χ2n) is 10.4. The van der Waals surface area contributed by atoms with E-state index in [-0.39, 0.29) is 42.1 Å². The van der Waals surface area contributed by atoms with Gasteiger partial charge in [0.25, 0.3) is 0 Å². The van der Waals surface area contributed by atoms with Crippen molar-refractivity contribution in [1.29, 1.82) is 0 Å². The number of ether oxygens (including phenoxy) is 3. The van der Waals surface area contributed by atoms with Crippen LogP contribution >= 0.6 is 0 Å². The van der Waals surface area contributed by atoms with Gasteiger partial charge in [0.2, 0.25) is 5.79 Å². The molecule has 204 valence electrons. The standard InChI is InChI=1S/C30H24O10/c31-18-6-5-13(7-20(18)33)28-23(36)10-16-19(32)11-25-26(29(16)38-28)17-12-30(40-25,39-24-4-2-1-3-15(17)24)14-8-21(34)27(37)22(35)9-14/h1-9,23,25,28,31,33-37H,10-12H2/t23-,25?,28+,30-/m0/s1. The molecule has 3 aromatic rings. The van der Waals surface area contributed by atoms with Crippen LogP contribution in [0.15, 0.2) is 71.5 Å². The van der Waals surface area contributed by atoms with Crippen LogP contribution in [0.25, 0.3) is 5.57 Å². The first-order chi connectivity index (χ1) is 19.1. The number of ketones is 1. The molecule has 0 amide bonds. The van der Waals surface area contributed by atoms with Gasteiger partial charge in [-0.3, -0.25) is 4.79 Å². The Morgan fingerprint density at radius 2 is 1.57 bits per heavy atom. The van der Waals surface area contributed by atoms with Gasteiger partial charge in [-0.2, -0.15) is 0 Å². The summed E-state index contributed by atoms with van der Waals surface area (Å²) < 4.78 is 19.2. The zero-order chi connectivity index (χ0) is 27.9. The molecule has 0 saturated carbocycles. The normalized spacial score (nSPS) is 26.8. The van der Waals surface area contributed by atoms with Gasteiger partial charge in [0, 0.05) is 41.5 Å². The minimum atomic E-state index is -1.53. The molecule has 10 heteroatoms. The first-order valence-corrected chi connectivity index (χ1v) is 12.7. The van der Waals surface area contributed by atoms with Crippen molar-refractivity contribution in [2.45, 2.75) is 43.4 Å². The van der Waals surface area contributed by atoms with Crippen LogP contribution in [0.3, 0.4) is 0 Å². The van der Waals surface area contributed by atoms with E-state index in [0.29, 0.717) is 28.2 Å². The van der Waals surface area contributed by atoms with E-state index in [2.05, 4.69) is 0 Å². The van der Waals surface area contributed by atoms with Crippen molar-refractivity contribution in [3.05, 3.63) is 88.2 Å². The lowest BCUT2D eigenvalue weighted by atomic mass is 9.75. The zero-order valence-corrected chi connectivity index (χ0v) is 20.9. The molecule has 40 heavy (non-hydrogen) atoms. The summed E-state index contributed by atoms with van der Waals surface area (Å²) in [5.74, 6) is -3.50. The Balaban J connectivity index is 1.41. The van der Waals surface area contributed by atoms with Gasteiger partial charge < -0.3 is 44.8 Å². The SMILES string of the molecule is O=C1CC2O[C@]3(c4cc(O)c(O)c(O)c4)CC(=C2C2=C1C[C@H](O)[C@@H](c1ccc(O)c(O)c1)O2)c1ccccc1O3. The molecule has 3 aliphatic heterocycles. The third kappa shape index (κ3) is 3.46. The van der Waals surface area contributed by atoms with Gasteiger partial charge in [0.1, 0.15) is 17.6 Å². The Kier molecular flexibility index (Phi) is 5.13. The lowest BCUT2D eigenvalue weighted by Gasteiger charge is -2.49. The van der Waals surface area contributed by atoms with Crippen molar-refractivity contribution in [1.82, 2.24) is 0 Å². The third-order valence-electron chi connectivity index (χ3n) is 7.95. The van der Waals surface area contributed by atoms with Crippen LogP contribution in [0.1, 0.15) is 42.1 Å². The maximum absolute atomic E-state index is 13.4. The fraction of sp³-hybridized carbons (Fsp3) is 0.233. The Bertz CT molecular complexity index is 1650. The van der Waals surface area contributed by atoms with Crippen molar-refractivity contribution in [2.24, 2.45) is 0 Å². The van der Waals surface area contributed by atoms with Gasteiger partial charge in [-0.1, -0.05) is 24.3 Å². The van der Waals surface area contributed by atoms with Gasteiger partial charge in [-0.25, -0.2) is 0 Å². The lowest BCUT2D eigenvalue weighted by Crippen LogP contribution is -2.49. The molecule has 7 rings (SSSR count). The highest BCUT2D eigenvalue weighted by Crippen LogP contribution is 2.57. The van der Waals surface area contributed by atoms with E-state index in [0.717, 1.165) is 11.1 Å². The van der Waals surface area contributed by atoms with Crippen molar-refractivity contribution in [2.75, 3.05) is 0 Å². The van der Waals surface area contributed by atoms with Crippen molar-refractivity contribution >= 4 is 11.4 Å². The maximum atomic E-state index is 13.4. The van der Waals surface area contributed by atoms with Crippen molar-refractivity contribution in [3.8, 4) is 34.5 Å². The summed E-state index contributed by atoms with van der Waals surface area (Å²) >= 11 is 0. The molecule has 0 fully saturated rings. The molecule has 0 spiro atoms. The average Bonchev–Trinajstić information content (AvgIpc) is 2.93. The van der Waals surface area contributed by atoms with Crippen LogP contribution in [0.2, 0.25) is 0 Å². The minimum absolute atomic E-state index is 0.0208. The fourth-order valence-corrected chi connectivity index (χ4v) is 6.07. The van der Waals surface area contributed by atoms with Gasteiger partial charge in [-0.15, -0.1) is 0 Å². The Hall–Kier alpha value is -4.67. The number of hydrogen-bond donors (Lipinski definition) is 6. The van der Waals surface area contributed by atoms with Crippen molar-refractivity contribution < 1.29 is 49.6 Å². The number of phenolic OH excluding ortho intramolecular Hbond substituents is 5. The summed E-state index contributed by atoms with van der Waals surface area (Å²) in [6.07, 6.45) is -2.75. The molecule has 0 aromatic heterocycles. The number of carbonyl (C=O) groups is 1. The Morgan fingerprint density at radius 1 is 0.825 bits per heavy atom. The number of Topliss-reactive ketones (excluding diaryl/α,β-unsaturated/α-hetero) is 1. The second-order valence-corrected chi connectivity index (χ2v) is 10.4. The van der Waals surface area contributed by atoms with E-state index in [1.807, 2.05) is 12.1 Å². The molecule has 0 saturated heterocycles. The molecular weight excluding hydrogens is 520 g/mol. The maximum Gasteiger partial charge on any atom is 0.242 e. The Labute approximate surface area is 227 Å². The van der Waals surface area contributed by atoms with E-state index in [1.165, 1.54) is 30.3 Å². The van der Waals surface area contributed by atoms with E-state index in [9.17, 15) is 35.4 Å². The summed E-state index contributed by atoms with van der Waals surface area (Å²) in [5, 5.41) is 61.2. The number of aliphatic hydroxyl groups excluding tert-OH is 1. The number of phenols is 5. The largest absolute Gasteiger partial charge is 0.504 e. The number of carbonyl (C=O) groups excluding carboxylic acids is 1. The molecule has 3 aromatic carbocycles. The molecular formula is C30H24O10. The highest BCUT2D eigenvalue weighted by Gasteiger charge is 2.54. The summed E-state index contributed by atoms with van der Waals surface area (Å²) in [7, 11) is 0. The zero-order valence-electron chi connectivity index (χ0n) is 20.9. The number of aliphatic hydroxyl groups is 1. The number of rotatable bonds is 2. The van der Waals surface area contributed by atoms with E-state index >= 15 is 0 Å². The highest BCUT2D eigenvalue weighted by atomic mass is 16.7. The number of benzene rings is 3. The highest BCUT2D eigenvalue weighted by molar-refractivity contribution is 6.00. The smallest absolute Gasteiger partial charge is 0.242 e. The molecule has 2 bridgehead atoms. The van der Waals surface area contributed by atoms with E-state index in [1.54, 1.807) is 12.1 Å². The average molecular weight is 545 g/mol. The predicted molar refractivity (Wildman–Crippen MR) is 137 cm³/mol. The van der Waals surface area contributed by atoms with Crippen LogP contribution in [0.5, 0.6) is 34.5 Å². The number of aromatic hydroxyl groups is 5. The summed E-state index contributed by atoms with van der Waals surface area (Å²) in [4.78, 5) is 13.4. The first kappa shape index (κ1) is 24.4. The van der Waals surface area contributed by atoms with Crippen LogP contribution < -0.4 is 4.74 Å². The molecule has 1 unspecified atom stereocenters. The molecule has 0 radical (unpaired) electrons. The molecule has 1 aliphatic carbocycles. The number of hydrogen-bond acceptors (Lipinski definition) is 10. The second kappa shape index (κ2) is 8.41. The van der Waals surface area contributed by atoms with Gasteiger partial charge in [0.15, 0.2) is 34.5 Å². The van der Waals surface area contributed by atoms with Gasteiger partial charge in [-0.05, 0) is 41.5 Å². The first-order valence-electron chi connectivity index (χ1n) is 12.7. The predicted octanol–water partition coefficient (Wildman–Crippen LogP) is 3.75. The van der Waals surface area contributed by atoms with Crippen LogP contribution in [0, 0.1) is 0 Å². The quantitative estimate of drug-likeness (QED) is 0.262. The van der Waals surface area contributed by atoms with E-state index < -0.39 is 41.3 Å². The lowest BCUT2D eigenvalue weighted by molar-refractivity contribution is -0.221. The molecule has 10 nitrogen and oxygen atoms in total. The molecule has 3 heterocycles. The Morgan fingerprint density at radius 3 is 2.33 bits per heavy atom. The van der Waals surface area contributed by atoms with Crippen LogP contribution in [-0.2, 0) is 20.1 Å². The molecule has 4 atom stereocenters. The topological polar surface area (TPSA) is 166 Å². The number of para-hydroxylation sites is 1. The monoisotopic (exact) mass is 544 g/mol. The summed E-state index contributed by atoms with van der Waals surface area (Å²) in [6.45, 7) is 0. The van der Waals surface area contributed by atoms with Crippen molar-refractivity contribution in [3.63, 3.8) is 0 Å². The minimum Gasteiger partial charge on any atom is -0.504 e. The molecule has 6 N–H and O–H groups in total. The summed E-state index contributed by atoms with van der Waals surface area (Å²) in [6, 6.07) is 13.9. The van der Waals surface area contributed by atoms with Gasteiger partial charge >= 0.3 is 0 Å².